The fourth-order valence-corrected chi connectivity index (χ4v) is 3.38. The van der Waals surface area contributed by atoms with Crippen molar-refractivity contribution in [2.24, 2.45) is 5.92 Å². The second-order valence-electron chi connectivity index (χ2n) is 4.86. The number of hydrogen-bond donors (Lipinski definition) is 0. The van der Waals surface area contributed by atoms with Crippen LogP contribution >= 0.6 is 15.9 Å². The molecule has 2 fully saturated rings. The van der Waals surface area contributed by atoms with E-state index in [1.165, 1.54) is 10.0 Å². The highest BCUT2D eigenvalue weighted by Gasteiger charge is 2.38. The van der Waals surface area contributed by atoms with Crippen LogP contribution in [0.25, 0.3) is 0 Å². The van der Waals surface area contributed by atoms with Crippen LogP contribution in [0.5, 0.6) is 0 Å². The normalized spacial score (nSPS) is 32.4. The lowest BCUT2D eigenvalue weighted by Gasteiger charge is -2.33. The van der Waals surface area contributed by atoms with Crippen molar-refractivity contribution in [1.82, 2.24) is 0 Å². The molecule has 2 heterocycles. The standard InChI is InChI=1S/C14H17BrO2/c15-12-4-2-1-3-10(12)9-14-11-5-7-16-13(11)6-8-17-14/h1-4,11,13-14H,5-9H2/t11-,13-,14-/m0/s1. The summed E-state index contributed by atoms with van der Waals surface area (Å²) in [7, 11) is 0. The van der Waals surface area contributed by atoms with Gasteiger partial charge in [0.15, 0.2) is 0 Å². The van der Waals surface area contributed by atoms with E-state index in [1.807, 2.05) is 0 Å². The molecule has 2 aliphatic heterocycles. The van der Waals surface area contributed by atoms with E-state index >= 15 is 0 Å². The predicted octanol–water partition coefficient (Wildman–Crippen LogP) is 3.19. The number of hydrogen-bond acceptors (Lipinski definition) is 2. The molecule has 2 aliphatic rings. The fraction of sp³-hybridized carbons (Fsp3) is 0.571. The number of ether oxygens (including phenoxy) is 2. The quantitative estimate of drug-likeness (QED) is 0.834. The van der Waals surface area contributed by atoms with Crippen molar-refractivity contribution in [2.45, 2.75) is 31.5 Å². The van der Waals surface area contributed by atoms with Crippen molar-refractivity contribution in [1.29, 1.82) is 0 Å². The van der Waals surface area contributed by atoms with Crippen molar-refractivity contribution >= 4 is 15.9 Å². The molecule has 1 aromatic rings. The first-order valence-electron chi connectivity index (χ1n) is 6.31. The van der Waals surface area contributed by atoms with E-state index in [-0.39, 0.29) is 0 Å². The van der Waals surface area contributed by atoms with Gasteiger partial charge in [0.1, 0.15) is 0 Å². The number of fused-ring (bicyclic) bond motifs is 1. The maximum Gasteiger partial charge on any atom is 0.0669 e. The molecule has 0 spiro atoms. The molecule has 0 amide bonds. The lowest BCUT2D eigenvalue weighted by Crippen LogP contribution is -2.38. The largest absolute Gasteiger partial charge is 0.378 e. The molecule has 0 unspecified atom stereocenters. The molecular weight excluding hydrogens is 280 g/mol. The van der Waals surface area contributed by atoms with Gasteiger partial charge in [0.05, 0.1) is 12.2 Å². The van der Waals surface area contributed by atoms with Crippen LogP contribution in [0.4, 0.5) is 0 Å². The molecule has 0 aliphatic carbocycles. The minimum Gasteiger partial charge on any atom is -0.378 e. The van der Waals surface area contributed by atoms with Crippen molar-refractivity contribution in [3.63, 3.8) is 0 Å². The fourth-order valence-electron chi connectivity index (χ4n) is 2.94. The van der Waals surface area contributed by atoms with Crippen LogP contribution in [-0.2, 0) is 15.9 Å². The first-order chi connectivity index (χ1) is 8.34. The Labute approximate surface area is 110 Å². The highest BCUT2D eigenvalue weighted by molar-refractivity contribution is 9.10. The molecule has 1 aromatic carbocycles. The average molecular weight is 297 g/mol. The summed E-state index contributed by atoms with van der Waals surface area (Å²) >= 11 is 3.61. The number of benzene rings is 1. The molecule has 0 radical (unpaired) electrons. The van der Waals surface area contributed by atoms with Crippen LogP contribution < -0.4 is 0 Å². The molecule has 3 rings (SSSR count). The Kier molecular flexibility index (Phi) is 3.50. The monoisotopic (exact) mass is 296 g/mol. The second kappa shape index (κ2) is 5.09. The van der Waals surface area contributed by atoms with Crippen molar-refractivity contribution < 1.29 is 9.47 Å². The second-order valence-corrected chi connectivity index (χ2v) is 5.71. The van der Waals surface area contributed by atoms with Gasteiger partial charge in [0, 0.05) is 30.0 Å². The number of rotatable bonds is 2. The topological polar surface area (TPSA) is 18.5 Å². The summed E-state index contributed by atoms with van der Waals surface area (Å²) in [5.41, 5.74) is 1.34. The van der Waals surface area contributed by atoms with Gasteiger partial charge in [0.2, 0.25) is 0 Å². The van der Waals surface area contributed by atoms with E-state index in [0.29, 0.717) is 18.1 Å². The zero-order valence-electron chi connectivity index (χ0n) is 9.77. The Morgan fingerprint density at radius 2 is 1.94 bits per heavy atom. The van der Waals surface area contributed by atoms with E-state index in [2.05, 4.69) is 40.2 Å². The Hall–Kier alpha value is -0.380. The SMILES string of the molecule is Brc1ccccc1C[C@@H]1OCC[C@@H]2OCC[C@@H]21. The summed E-state index contributed by atoms with van der Waals surface area (Å²) in [6.45, 7) is 1.75. The van der Waals surface area contributed by atoms with Crippen LogP contribution in [0.2, 0.25) is 0 Å². The maximum absolute atomic E-state index is 5.95. The van der Waals surface area contributed by atoms with Crippen LogP contribution in [0.15, 0.2) is 28.7 Å². The Morgan fingerprint density at radius 1 is 1.12 bits per heavy atom. The average Bonchev–Trinajstić information content (AvgIpc) is 2.81. The third kappa shape index (κ3) is 2.42. The molecule has 0 N–H and O–H groups in total. The molecule has 92 valence electrons. The summed E-state index contributed by atoms with van der Waals surface area (Å²) in [4.78, 5) is 0. The molecule has 2 nitrogen and oxygen atoms in total. The predicted molar refractivity (Wildman–Crippen MR) is 70.1 cm³/mol. The van der Waals surface area contributed by atoms with E-state index in [9.17, 15) is 0 Å². The minimum atomic E-state index is 0.329. The van der Waals surface area contributed by atoms with E-state index in [0.717, 1.165) is 32.5 Å². The summed E-state index contributed by atoms with van der Waals surface area (Å²) in [6, 6.07) is 8.41. The molecule has 3 heteroatoms. The first-order valence-corrected chi connectivity index (χ1v) is 7.10. The van der Waals surface area contributed by atoms with Crippen LogP contribution in [0.1, 0.15) is 18.4 Å². The highest BCUT2D eigenvalue weighted by atomic mass is 79.9. The Bertz CT molecular complexity index is 394. The molecule has 0 aromatic heterocycles. The lowest BCUT2D eigenvalue weighted by atomic mass is 9.87. The molecule has 0 saturated carbocycles. The van der Waals surface area contributed by atoms with Crippen LogP contribution in [-0.4, -0.2) is 25.4 Å². The first kappa shape index (κ1) is 11.7. The van der Waals surface area contributed by atoms with Crippen molar-refractivity contribution in [3.05, 3.63) is 34.3 Å². The van der Waals surface area contributed by atoms with Crippen molar-refractivity contribution in [3.8, 4) is 0 Å². The minimum absolute atomic E-state index is 0.329. The Morgan fingerprint density at radius 3 is 2.82 bits per heavy atom. The zero-order chi connectivity index (χ0) is 11.7. The van der Waals surface area contributed by atoms with E-state index in [4.69, 9.17) is 9.47 Å². The third-order valence-electron chi connectivity index (χ3n) is 3.85. The van der Waals surface area contributed by atoms with Gasteiger partial charge in [-0.1, -0.05) is 34.1 Å². The van der Waals surface area contributed by atoms with Crippen molar-refractivity contribution in [2.75, 3.05) is 13.2 Å². The molecule has 3 atom stereocenters. The van der Waals surface area contributed by atoms with Gasteiger partial charge in [-0.3, -0.25) is 0 Å². The van der Waals surface area contributed by atoms with Gasteiger partial charge < -0.3 is 9.47 Å². The highest BCUT2D eigenvalue weighted by Crippen LogP contribution is 2.34. The molecule has 2 saturated heterocycles. The molecule has 0 bridgehead atoms. The molecular formula is C14H17BrO2. The zero-order valence-corrected chi connectivity index (χ0v) is 11.4. The van der Waals surface area contributed by atoms with Gasteiger partial charge in [-0.15, -0.1) is 0 Å². The summed E-state index contributed by atoms with van der Waals surface area (Å²) in [5.74, 6) is 0.593. The third-order valence-corrected chi connectivity index (χ3v) is 4.63. The van der Waals surface area contributed by atoms with E-state index in [1.54, 1.807) is 0 Å². The Balaban J connectivity index is 1.74. The van der Waals surface area contributed by atoms with Gasteiger partial charge >= 0.3 is 0 Å². The molecule has 17 heavy (non-hydrogen) atoms. The maximum atomic E-state index is 5.95. The number of halogens is 1. The van der Waals surface area contributed by atoms with Gasteiger partial charge in [-0.05, 0) is 24.5 Å². The van der Waals surface area contributed by atoms with Gasteiger partial charge in [-0.2, -0.15) is 0 Å². The summed E-state index contributed by atoms with van der Waals surface area (Å²) in [6.07, 6.45) is 3.98. The lowest BCUT2D eigenvalue weighted by molar-refractivity contribution is -0.0731. The van der Waals surface area contributed by atoms with Gasteiger partial charge in [-0.25, -0.2) is 0 Å². The summed E-state index contributed by atoms with van der Waals surface area (Å²) < 4.78 is 12.9. The van der Waals surface area contributed by atoms with Crippen LogP contribution in [0.3, 0.4) is 0 Å². The van der Waals surface area contributed by atoms with Crippen LogP contribution in [0, 0.1) is 5.92 Å². The summed E-state index contributed by atoms with van der Waals surface area (Å²) in [5, 5.41) is 0. The smallest absolute Gasteiger partial charge is 0.0669 e. The van der Waals surface area contributed by atoms with Gasteiger partial charge in [0.25, 0.3) is 0 Å². The van der Waals surface area contributed by atoms with E-state index < -0.39 is 0 Å².